The van der Waals surface area contributed by atoms with Gasteiger partial charge in [0.1, 0.15) is 11.5 Å². The molecule has 0 aliphatic heterocycles. The van der Waals surface area contributed by atoms with E-state index in [1.54, 1.807) is 24.3 Å². The van der Waals surface area contributed by atoms with Gasteiger partial charge in [-0.15, -0.1) is 0 Å². The van der Waals surface area contributed by atoms with E-state index >= 15 is 0 Å². The molecule has 2 N–H and O–H groups in total. The topological polar surface area (TPSA) is 81.7 Å². The number of aromatic nitrogens is 1. The standard InChI is InChI=1S/C15H16ClN3O4/c1-21-12-7-13(22-2)11(6-10(12)16)19-15(20)18-9-4-5-14(23-3)17-8-9/h4-8H,1-3H3,(H2,18,19,20). The predicted octanol–water partition coefficient (Wildman–Crippen LogP) is 3.40. The number of amides is 2. The van der Waals surface area contributed by atoms with E-state index in [0.29, 0.717) is 33.8 Å². The average molecular weight is 338 g/mol. The highest BCUT2D eigenvalue weighted by Gasteiger charge is 2.12. The summed E-state index contributed by atoms with van der Waals surface area (Å²) in [5.41, 5.74) is 0.930. The van der Waals surface area contributed by atoms with Crippen LogP contribution in [0.15, 0.2) is 30.5 Å². The highest BCUT2D eigenvalue weighted by atomic mass is 35.5. The summed E-state index contributed by atoms with van der Waals surface area (Å²) in [7, 11) is 4.50. The van der Waals surface area contributed by atoms with E-state index in [4.69, 9.17) is 25.8 Å². The maximum atomic E-state index is 12.1. The first-order valence-electron chi connectivity index (χ1n) is 6.57. The fourth-order valence-electron chi connectivity index (χ4n) is 1.82. The second kappa shape index (κ2) is 7.55. The molecule has 7 nitrogen and oxygen atoms in total. The molecule has 0 spiro atoms. The van der Waals surface area contributed by atoms with Crippen molar-refractivity contribution in [1.29, 1.82) is 0 Å². The zero-order valence-corrected chi connectivity index (χ0v) is 13.6. The smallest absolute Gasteiger partial charge is 0.323 e. The number of hydrogen-bond acceptors (Lipinski definition) is 5. The molecule has 0 saturated heterocycles. The Labute approximate surface area is 138 Å². The van der Waals surface area contributed by atoms with Crippen LogP contribution in [0.5, 0.6) is 17.4 Å². The van der Waals surface area contributed by atoms with Gasteiger partial charge in [-0.25, -0.2) is 9.78 Å². The Balaban J connectivity index is 2.11. The lowest BCUT2D eigenvalue weighted by atomic mass is 10.2. The Bertz CT molecular complexity index is 692. The highest BCUT2D eigenvalue weighted by Crippen LogP contribution is 2.35. The molecule has 1 aromatic carbocycles. The molecule has 0 atom stereocenters. The molecule has 0 aliphatic carbocycles. The first kappa shape index (κ1) is 16.7. The normalized spacial score (nSPS) is 9.91. The molecule has 2 amide bonds. The third kappa shape index (κ3) is 4.17. The number of nitrogens with zero attached hydrogens (tertiary/aromatic N) is 1. The second-order valence-corrected chi connectivity index (χ2v) is 4.76. The minimum atomic E-state index is -0.462. The number of hydrogen-bond donors (Lipinski definition) is 2. The van der Waals surface area contributed by atoms with Gasteiger partial charge in [0.25, 0.3) is 0 Å². The molecule has 2 rings (SSSR count). The molecule has 8 heteroatoms. The lowest BCUT2D eigenvalue weighted by molar-refractivity contribution is 0.262. The number of halogens is 1. The van der Waals surface area contributed by atoms with E-state index < -0.39 is 6.03 Å². The summed E-state index contributed by atoms with van der Waals surface area (Å²) in [6, 6.07) is 5.98. The van der Waals surface area contributed by atoms with Crippen molar-refractivity contribution in [2.24, 2.45) is 0 Å². The van der Waals surface area contributed by atoms with Gasteiger partial charge in [-0.05, 0) is 12.1 Å². The lowest BCUT2D eigenvalue weighted by Crippen LogP contribution is -2.20. The minimum absolute atomic E-state index is 0.356. The summed E-state index contributed by atoms with van der Waals surface area (Å²) in [5.74, 6) is 1.34. The fraction of sp³-hybridized carbons (Fsp3) is 0.200. The first-order chi connectivity index (χ1) is 11.1. The van der Waals surface area contributed by atoms with Gasteiger partial charge in [0, 0.05) is 12.1 Å². The third-order valence-electron chi connectivity index (χ3n) is 2.93. The van der Waals surface area contributed by atoms with Crippen LogP contribution < -0.4 is 24.8 Å². The van der Waals surface area contributed by atoms with Crippen LogP contribution in [-0.4, -0.2) is 32.3 Å². The third-order valence-corrected chi connectivity index (χ3v) is 3.22. The zero-order chi connectivity index (χ0) is 16.8. The number of ether oxygens (including phenoxy) is 3. The Kier molecular flexibility index (Phi) is 5.48. The van der Waals surface area contributed by atoms with Gasteiger partial charge >= 0.3 is 6.03 Å². The second-order valence-electron chi connectivity index (χ2n) is 4.36. The Morgan fingerprint density at radius 1 is 1.04 bits per heavy atom. The molecular formula is C15H16ClN3O4. The van der Waals surface area contributed by atoms with Crippen molar-refractivity contribution in [1.82, 2.24) is 4.98 Å². The van der Waals surface area contributed by atoms with Gasteiger partial charge in [-0.2, -0.15) is 0 Å². The van der Waals surface area contributed by atoms with Crippen molar-refractivity contribution in [3.05, 3.63) is 35.5 Å². The highest BCUT2D eigenvalue weighted by molar-refractivity contribution is 6.32. The average Bonchev–Trinajstić information content (AvgIpc) is 2.55. The van der Waals surface area contributed by atoms with E-state index in [1.807, 2.05) is 0 Å². The van der Waals surface area contributed by atoms with E-state index in [-0.39, 0.29) is 0 Å². The van der Waals surface area contributed by atoms with Gasteiger partial charge in [0.15, 0.2) is 0 Å². The molecule has 1 aromatic heterocycles. The van der Waals surface area contributed by atoms with Crippen LogP contribution in [0.2, 0.25) is 5.02 Å². The fourth-order valence-corrected chi connectivity index (χ4v) is 2.06. The summed E-state index contributed by atoms with van der Waals surface area (Å²) in [5, 5.41) is 5.66. The minimum Gasteiger partial charge on any atom is -0.495 e. The van der Waals surface area contributed by atoms with Crippen molar-refractivity contribution in [3.8, 4) is 17.4 Å². The zero-order valence-electron chi connectivity index (χ0n) is 12.8. The Hall–Kier alpha value is -2.67. The number of anilines is 2. The van der Waals surface area contributed by atoms with Crippen molar-refractivity contribution in [2.45, 2.75) is 0 Å². The lowest BCUT2D eigenvalue weighted by Gasteiger charge is -2.13. The molecule has 0 fully saturated rings. The number of methoxy groups -OCH3 is 3. The summed E-state index contributed by atoms with van der Waals surface area (Å²) in [6.07, 6.45) is 1.48. The molecular weight excluding hydrogens is 322 g/mol. The van der Waals surface area contributed by atoms with Gasteiger partial charge < -0.3 is 24.8 Å². The van der Waals surface area contributed by atoms with Crippen LogP contribution in [0.1, 0.15) is 0 Å². The summed E-state index contributed by atoms with van der Waals surface area (Å²) < 4.78 is 15.3. The molecule has 23 heavy (non-hydrogen) atoms. The maximum Gasteiger partial charge on any atom is 0.323 e. The number of benzene rings is 1. The van der Waals surface area contributed by atoms with Crippen LogP contribution in [0.25, 0.3) is 0 Å². The van der Waals surface area contributed by atoms with E-state index in [2.05, 4.69) is 15.6 Å². The number of pyridine rings is 1. The molecule has 0 aliphatic rings. The van der Waals surface area contributed by atoms with Crippen molar-refractivity contribution in [3.63, 3.8) is 0 Å². The maximum absolute atomic E-state index is 12.1. The summed E-state index contributed by atoms with van der Waals surface area (Å²) in [6.45, 7) is 0. The molecule has 122 valence electrons. The van der Waals surface area contributed by atoms with Crippen molar-refractivity contribution < 1.29 is 19.0 Å². The molecule has 0 radical (unpaired) electrons. The molecule has 0 saturated carbocycles. The molecule has 2 aromatic rings. The monoisotopic (exact) mass is 337 g/mol. The Morgan fingerprint density at radius 3 is 2.35 bits per heavy atom. The molecule has 0 bridgehead atoms. The first-order valence-corrected chi connectivity index (χ1v) is 6.94. The van der Waals surface area contributed by atoms with Gasteiger partial charge in [-0.1, -0.05) is 11.6 Å². The van der Waals surface area contributed by atoms with Crippen LogP contribution in [0.4, 0.5) is 16.2 Å². The SMILES string of the molecule is COc1ccc(NC(=O)Nc2cc(Cl)c(OC)cc2OC)cn1. The summed E-state index contributed by atoms with van der Waals surface area (Å²) in [4.78, 5) is 16.1. The van der Waals surface area contributed by atoms with Crippen LogP contribution in [0.3, 0.4) is 0 Å². The number of carbonyl (C=O) groups is 1. The van der Waals surface area contributed by atoms with Gasteiger partial charge in [0.2, 0.25) is 5.88 Å². The number of nitrogens with one attached hydrogen (secondary N) is 2. The van der Waals surface area contributed by atoms with Gasteiger partial charge in [0.05, 0.1) is 43.9 Å². The molecule has 0 unspecified atom stereocenters. The number of rotatable bonds is 5. The largest absolute Gasteiger partial charge is 0.495 e. The van der Waals surface area contributed by atoms with E-state index in [9.17, 15) is 4.79 Å². The summed E-state index contributed by atoms with van der Waals surface area (Å²) >= 11 is 6.06. The van der Waals surface area contributed by atoms with Crippen LogP contribution >= 0.6 is 11.6 Å². The molecule has 1 heterocycles. The Morgan fingerprint density at radius 2 is 1.78 bits per heavy atom. The quantitative estimate of drug-likeness (QED) is 0.873. The number of carbonyl (C=O) groups excluding carboxylic acids is 1. The van der Waals surface area contributed by atoms with E-state index in [0.717, 1.165) is 0 Å². The predicted molar refractivity (Wildman–Crippen MR) is 88.0 cm³/mol. The van der Waals surface area contributed by atoms with Gasteiger partial charge in [-0.3, -0.25) is 0 Å². The van der Waals surface area contributed by atoms with E-state index in [1.165, 1.54) is 27.5 Å². The van der Waals surface area contributed by atoms with Crippen LogP contribution in [0, 0.1) is 0 Å². The number of urea groups is 1. The van der Waals surface area contributed by atoms with Crippen molar-refractivity contribution >= 4 is 29.0 Å². The van der Waals surface area contributed by atoms with Crippen LogP contribution in [-0.2, 0) is 0 Å². The van der Waals surface area contributed by atoms with Crippen molar-refractivity contribution in [2.75, 3.05) is 32.0 Å².